The van der Waals surface area contributed by atoms with Gasteiger partial charge >= 0.3 is 6.09 Å². The molecule has 2 heterocycles. The highest BCUT2D eigenvalue weighted by Gasteiger charge is 2.37. The lowest BCUT2D eigenvalue weighted by Crippen LogP contribution is -2.32. The van der Waals surface area contributed by atoms with Crippen molar-refractivity contribution in [1.29, 1.82) is 0 Å². The maximum absolute atomic E-state index is 12.8. The van der Waals surface area contributed by atoms with Gasteiger partial charge in [0.2, 0.25) is 0 Å². The van der Waals surface area contributed by atoms with E-state index < -0.39 is 24.3 Å². The molecule has 0 radical (unpaired) electrons. The topological polar surface area (TPSA) is 85.3 Å². The van der Waals surface area contributed by atoms with Crippen molar-refractivity contribution in [1.82, 2.24) is 4.90 Å². The summed E-state index contributed by atoms with van der Waals surface area (Å²) in [6.07, 6.45) is 1.75. The molecule has 2 amide bonds. The minimum atomic E-state index is -0.660. The van der Waals surface area contributed by atoms with Gasteiger partial charge in [-0.15, -0.1) is 0 Å². The molecule has 0 aromatic heterocycles. The van der Waals surface area contributed by atoms with Crippen molar-refractivity contribution in [3.63, 3.8) is 0 Å². The highest BCUT2D eigenvalue weighted by molar-refractivity contribution is 6.02. The Labute approximate surface area is 168 Å². The number of rotatable bonds is 5. The summed E-state index contributed by atoms with van der Waals surface area (Å²) in [5.74, 6) is -0.466. The van der Waals surface area contributed by atoms with Crippen LogP contribution in [0.3, 0.4) is 0 Å². The van der Waals surface area contributed by atoms with Gasteiger partial charge in [0.25, 0.3) is 5.91 Å². The Balaban J connectivity index is 1.58. The number of ether oxygens (including phenoxy) is 3. The van der Waals surface area contributed by atoms with E-state index in [1.807, 2.05) is 30.3 Å². The number of benzene rings is 2. The maximum Gasteiger partial charge on any atom is 0.417 e. The number of carbonyl (C=O) groups is 2. The van der Waals surface area contributed by atoms with E-state index >= 15 is 0 Å². The number of hydrogen-bond acceptors (Lipinski definition) is 6. The van der Waals surface area contributed by atoms with Crippen LogP contribution in [0.5, 0.6) is 0 Å². The SMILES string of the molecule is O=C(C=Cc1ccc(CO)cc1C1OCCO1)N1C(=O)OC[C@H]1c1ccccc1. The molecule has 0 bridgehead atoms. The van der Waals surface area contributed by atoms with E-state index in [2.05, 4.69) is 0 Å². The molecule has 0 saturated carbocycles. The molecule has 7 nitrogen and oxygen atoms in total. The average molecular weight is 395 g/mol. The molecule has 0 spiro atoms. The maximum atomic E-state index is 12.8. The lowest BCUT2D eigenvalue weighted by Gasteiger charge is -2.18. The largest absolute Gasteiger partial charge is 0.446 e. The second kappa shape index (κ2) is 8.57. The van der Waals surface area contributed by atoms with Gasteiger partial charge in [0.05, 0.1) is 19.8 Å². The third-order valence-electron chi connectivity index (χ3n) is 4.91. The number of aliphatic hydroxyl groups is 1. The predicted molar refractivity (Wildman–Crippen MR) is 103 cm³/mol. The van der Waals surface area contributed by atoms with E-state index in [4.69, 9.17) is 14.2 Å². The average Bonchev–Trinajstić information content (AvgIpc) is 3.42. The van der Waals surface area contributed by atoms with Crippen LogP contribution in [-0.2, 0) is 25.6 Å². The quantitative estimate of drug-likeness (QED) is 0.784. The Morgan fingerprint density at radius 2 is 1.90 bits per heavy atom. The zero-order valence-electron chi connectivity index (χ0n) is 15.7. The van der Waals surface area contributed by atoms with Crippen LogP contribution in [0, 0.1) is 0 Å². The minimum absolute atomic E-state index is 0.110. The predicted octanol–water partition coefficient (Wildman–Crippen LogP) is 2.96. The molecule has 2 aromatic rings. The normalized spacial score (nSPS) is 19.8. The molecule has 150 valence electrons. The van der Waals surface area contributed by atoms with Crippen LogP contribution in [0.25, 0.3) is 6.08 Å². The first-order valence-electron chi connectivity index (χ1n) is 9.37. The Bertz CT molecular complexity index is 920. The Kier molecular flexibility index (Phi) is 5.71. The third-order valence-corrected chi connectivity index (χ3v) is 4.91. The van der Waals surface area contributed by atoms with Crippen molar-refractivity contribution in [2.45, 2.75) is 18.9 Å². The van der Waals surface area contributed by atoms with E-state index in [-0.39, 0.29) is 13.2 Å². The number of carbonyl (C=O) groups excluding carboxylic acids is 2. The van der Waals surface area contributed by atoms with Gasteiger partial charge in [0, 0.05) is 11.6 Å². The van der Waals surface area contributed by atoms with Gasteiger partial charge in [-0.1, -0.05) is 42.5 Å². The van der Waals surface area contributed by atoms with Crippen molar-refractivity contribution in [3.05, 3.63) is 76.9 Å². The van der Waals surface area contributed by atoms with E-state index in [1.54, 1.807) is 24.3 Å². The molecule has 4 rings (SSSR count). The number of amides is 2. The first-order chi connectivity index (χ1) is 14.2. The first-order valence-corrected chi connectivity index (χ1v) is 9.37. The van der Waals surface area contributed by atoms with E-state index in [0.29, 0.717) is 18.8 Å². The summed E-state index contributed by atoms with van der Waals surface area (Å²) >= 11 is 0. The van der Waals surface area contributed by atoms with Crippen LogP contribution in [0.4, 0.5) is 4.79 Å². The van der Waals surface area contributed by atoms with Crippen molar-refractivity contribution in [2.75, 3.05) is 19.8 Å². The summed E-state index contributed by atoms with van der Waals surface area (Å²) in [6.45, 7) is 0.979. The second-order valence-corrected chi connectivity index (χ2v) is 6.74. The molecule has 1 atom stereocenters. The van der Waals surface area contributed by atoms with Crippen molar-refractivity contribution in [2.24, 2.45) is 0 Å². The van der Waals surface area contributed by atoms with Gasteiger partial charge in [-0.25, -0.2) is 9.69 Å². The van der Waals surface area contributed by atoms with Crippen molar-refractivity contribution >= 4 is 18.1 Å². The molecule has 29 heavy (non-hydrogen) atoms. The summed E-state index contributed by atoms with van der Waals surface area (Å²) in [7, 11) is 0. The number of cyclic esters (lactones) is 1. The fraction of sp³-hybridized carbons (Fsp3) is 0.273. The van der Waals surface area contributed by atoms with Gasteiger partial charge in [-0.05, 0) is 28.8 Å². The number of nitrogens with zero attached hydrogens (tertiary/aromatic N) is 1. The van der Waals surface area contributed by atoms with Crippen LogP contribution in [-0.4, -0.2) is 41.8 Å². The number of aliphatic hydroxyl groups excluding tert-OH is 1. The lowest BCUT2D eigenvalue weighted by atomic mass is 10.0. The van der Waals surface area contributed by atoms with Gasteiger partial charge in [0.1, 0.15) is 12.6 Å². The molecular weight excluding hydrogens is 374 g/mol. The Morgan fingerprint density at radius 3 is 2.62 bits per heavy atom. The Hall–Kier alpha value is -3.00. The van der Waals surface area contributed by atoms with E-state index in [1.165, 1.54) is 6.08 Å². The number of hydrogen-bond donors (Lipinski definition) is 1. The summed E-state index contributed by atoms with van der Waals surface area (Å²) in [4.78, 5) is 26.1. The fourth-order valence-corrected chi connectivity index (χ4v) is 3.44. The van der Waals surface area contributed by atoms with Crippen molar-refractivity contribution in [3.8, 4) is 0 Å². The van der Waals surface area contributed by atoms with Crippen LogP contribution in [0.2, 0.25) is 0 Å². The second-order valence-electron chi connectivity index (χ2n) is 6.74. The molecule has 2 aromatic carbocycles. The minimum Gasteiger partial charge on any atom is -0.446 e. The molecule has 1 N–H and O–H groups in total. The third kappa shape index (κ3) is 4.07. The van der Waals surface area contributed by atoms with Gasteiger partial charge in [-0.2, -0.15) is 0 Å². The fourth-order valence-electron chi connectivity index (χ4n) is 3.44. The summed E-state index contributed by atoms with van der Waals surface area (Å²) in [5, 5.41) is 9.41. The molecule has 0 aliphatic carbocycles. The van der Waals surface area contributed by atoms with Gasteiger partial charge in [-0.3, -0.25) is 4.79 Å². The zero-order valence-corrected chi connectivity index (χ0v) is 15.7. The van der Waals surface area contributed by atoms with Crippen LogP contribution >= 0.6 is 0 Å². The molecule has 2 aliphatic rings. The summed E-state index contributed by atoms with van der Waals surface area (Å²) < 4.78 is 16.2. The summed E-state index contributed by atoms with van der Waals surface area (Å²) in [5.41, 5.74) is 2.99. The standard InChI is InChI=1S/C22H21NO6/c24-13-15-6-7-16(18(12-15)21-27-10-11-28-21)8-9-20(25)23-19(14-29-22(23)26)17-4-2-1-3-5-17/h1-9,12,19,21,24H,10-11,13-14H2/t19-/m0/s1. The van der Waals surface area contributed by atoms with Crippen LogP contribution < -0.4 is 0 Å². The van der Waals surface area contributed by atoms with Gasteiger partial charge in [0.15, 0.2) is 6.29 Å². The molecule has 7 heteroatoms. The molecule has 2 saturated heterocycles. The number of imide groups is 1. The molecular formula is C22H21NO6. The first kappa shape index (κ1) is 19.3. The highest BCUT2D eigenvalue weighted by Crippen LogP contribution is 2.30. The summed E-state index contributed by atoms with van der Waals surface area (Å²) in [6, 6.07) is 14.2. The van der Waals surface area contributed by atoms with Crippen LogP contribution in [0.15, 0.2) is 54.6 Å². The lowest BCUT2D eigenvalue weighted by molar-refractivity contribution is -0.124. The van der Waals surface area contributed by atoms with E-state index in [9.17, 15) is 14.7 Å². The van der Waals surface area contributed by atoms with Gasteiger partial charge < -0.3 is 19.3 Å². The monoisotopic (exact) mass is 395 g/mol. The molecule has 0 unspecified atom stereocenters. The molecule has 2 aliphatic heterocycles. The Morgan fingerprint density at radius 1 is 1.14 bits per heavy atom. The highest BCUT2D eigenvalue weighted by atomic mass is 16.7. The smallest absolute Gasteiger partial charge is 0.417 e. The van der Waals surface area contributed by atoms with E-state index in [0.717, 1.165) is 21.6 Å². The zero-order chi connectivity index (χ0) is 20.2. The van der Waals surface area contributed by atoms with Crippen LogP contribution in [0.1, 0.15) is 34.6 Å². The van der Waals surface area contributed by atoms with Crippen molar-refractivity contribution < 1.29 is 28.9 Å². The molecule has 2 fully saturated rings.